The van der Waals surface area contributed by atoms with Gasteiger partial charge in [-0.25, -0.2) is 0 Å². The van der Waals surface area contributed by atoms with Crippen LogP contribution in [0.4, 0.5) is 0 Å². The zero-order valence-electron chi connectivity index (χ0n) is 8.45. The number of esters is 1. The Kier molecular flexibility index (Phi) is 3.51. The molecule has 76 valence electrons. The van der Waals surface area contributed by atoms with E-state index in [0.29, 0.717) is 12.2 Å². The van der Waals surface area contributed by atoms with E-state index in [2.05, 4.69) is 6.58 Å². The largest absolute Gasteiger partial charge is 0.462 e. The first-order valence-electron chi connectivity index (χ1n) is 4.48. The van der Waals surface area contributed by atoms with Gasteiger partial charge in [-0.3, -0.25) is 4.79 Å². The molecule has 1 unspecified atom stereocenters. The fourth-order valence-electron chi connectivity index (χ4n) is 1.20. The maximum atomic E-state index is 10.8. The second-order valence-corrected chi connectivity index (χ2v) is 3.07. The van der Waals surface area contributed by atoms with Crippen molar-refractivity contribution < 1.29 is 13.9 Å². The molecule has 3 nitrogen and oxygen atoms in total. The lowest BCUT2D eigenvalue weighted by Gasteiger charge is -2.12. The average Bonchev–Trinajstić information content (AvgIpc) is 2.50. The smallest absolute Gasteiger partial charge is 0.303 e. The fraction of sp³-hybridized carbons (Fsp3) is 0.364. The van der Waals surface area contributed by atoms with Crippen molar-refractivity contribution in [1.82, 2.24) is 0 Å². The van der Waals surface area contributed by atoms with Crippen LogP contribution in [0.5, 0.6) is 0 Å². The number of furan rings is 1. The molecule has 0 saturated heterocycles. The van der Waals surface area contributed by atoms with Crippen LogP contribution in [0.25, 0.3) is 0 Å². The van der Waals surface area contributed by atoms with E-state index in [1.54, 1.807) is 6.08 Å². The van der Waals surface area contributed by atoms with Crippen molar-refractivity contribution in [2.24, 2.45) is 0 Å². The van der Waals surface area contributed by atoms with Crippen molar-refractivity contribution in [2.45, 2.75) is 26.4 Å². The van der Waals surface area contributed by atoms with Gasteiger partial charge in [0.15, 0.2) is 6.10 Å². The quantitative estimate of drug-likeness (QED) is 0.546. The van der Waals surface area contributed by atoms with E-state index >= 15 is 0 Å². The number of ether oxygens (including phenoxy) is 1. The Hall–Kier alpha value is -1.51. The number of aryl methyl sites for hydroxylation is 1. The van der Waals surface area contributed by atoms with Crippen LogP contribution in [0.2, 0.25) is 0 Å². The predicted molar refractivity (Wildman–Crippen MR) is 52.8 cm³/mol. The lowest BCUT2D eigenvalue weighted by molar-refractivity contribution is -0.147. The van der Waals surface area contributed by atoms with Gasteiger partial charge < -0.3 is 9.15 Å². The summed E-state index contributed by atoms with van der Waals surface area (Å²) < 4.78 is 10.5. The van der Waals surface area contributed by atoms with Crippen LogP contribution in [-0.4, -0.2) is 5.97 Å². The molecule has 0 fully saturated rings. The minimum Gasteiger partial charge on any atom is -0.462 e. The van der Waals surface area contributed by atoms with Crippen LogP contribution in [0.1, 0.15) is 31.0 Å². The zero-order chi connectivity index (χ0) is 10.6. The predicted octanol–water partition coefficient (Wildman–Crippen LogP) is 2.77. The summed E-state index contributed by atoms with van der Waals surface area (Å²) in [5.74, 6) is 1.16. The number of carbonyl (C=O) groups is 1. The molecule has 3 heteroatoms. The molecule has 0 saturated carbocycles. The standard InChI is InChI=1S/C11H14O3/c1-4-5-10(14-9(3)12)11-7-6-8(2)13-11/h4,6-7,10H,1,5H2,2-3H3. The van der Waals surface area contributed by atoms with Gasteiger partial charge in [-0.05, 0) is 19.1 Å². The highest BCUT2D eigenvalue weighted by molar-refractivity contribution is 5.66. The molecular formula is C11H14O3. The molecule has 0 radical (unpaired) electrons. The Morgan fingerprint density at radius 3 is 2.86 bits per heavy atom. The summed E-state index contributed by atoms with van der Waals surface area (Å²) in [5.41, 5.74) is 0. The Labute approximate surface area is 83.4 Å². The second-order valence-electron chi connectivity index (χ2n) is 3.07. The zero-order valence-corrected chi connectivity index (χ0v) is 8.45. The SMILES string of the molecule is C=CCC(OC(C)=O)c1ccc(C)o1. The van der Waals surface area contributed by atoms with Gasteiger partial charge in [-0.15, -0.1) is 6.58 Å². The molecule has 0 aliphatic carbocycles. The highest BCUT2D eigenvalue weighted by Gasteiger charge is 2.16. The highest BCUT2D eigenvalue weighted by Crippen LogP contribution is 2.23. The lowest BCUT2D eigenvalue weighted by atomic mass is 10.2. The van der Waals surface area contributed by atoms with Crippen LogP contribution in [-0.2, 0) is 9.53 Å². The van der Waals surface area contributed by atoms with Gasteiger partial charge in [0, 0.05) is 13.3 Å². The van der Waals surface area contributed by atoms with Gasteiger partial charge in [0.1, 0.15) is 11.5 Å². The number of rotatable bonds is 4. The third-order valence-electron chi connectivity index (χ3n) is 1.77. The molecule has 0 aliphatic rings. The van der Waals surface area contributed by atoms with Gasteiger partial charge in [-0.2, -0.15) is 0 Å². The number of hydrogen-bond donors (Lipinski definition) is 0. The third kappa shape index (κ3) is 2.76. The third-order valence-corrected chi connectivity index (χ3v) is 1.77. The molecule has 0 spiro atoms. The highest BCUT2D eigenvalue weighted by atomic mass is 16.5. The van der Waals surface area contributed by atoms with Crippen molar-refractivity contribution in [3.05, 3.63) is 36.3 Å². The molecule has 1 atom stereocenters. The van der Waals surface area contributed by atoms with Crippen LogP contribution in [0.15, 0.2) is 29.2 Å². The first kappa shape index (κ1) is 10.6. The Morgan fingerprint density at radius 2 is 2.43 bits per heavy atom. The second kappa shape index (κ2) is 4.65. The van der Waals surface area contributed by atoms with Gasteiger partial charge >= 0.3 is 5.97 Å². The van der Waals surface area contributed by atoms with E-state index < -0.39 is 0 Å². The molecule has 0 aromatic carbocycles. The summed E-state index contributed by atoms with van der Waals surface area (Å²) >= 11 is 0. The minimum absolute atomic E-state index is 0.314. The Balaban J connectivity index is 2.76. The first-order chi connectivity index (χ1) is 6.63. The van der Waals surface area contributed by atoms with Gasteiger partial charge in [-0.1, -0.05) is 6.08 Å². The van der Waals surface area contributed by atoms with Crippen molar-refractivity contribution in [2.75, 3.05) is 0 Å². The monoisotopic (exact) mass is 194 g/mol. The van der Waals surface area contributed by atoms with Crippen LogP contribution < -0.4 is 0 Å². The fourth-order valence-corrected chi connectivity index (χ4v) is 1.20. The molecular weight excluding hydrogens is 180 g/mol. The van der Waals surface area contributed by atoms with Crippen LogP contribution in [0.3, 0.4) is 0 Å². The minimum atomic E-state index is -0.348. The van der Waals surface area contributed by atoms with Crippen LogP contribution >= 0.6 is 0 Å². The maximum absolute atomic E-state index is 10.8. The topological polar surface area (TPSA) is 39.4 Å². The van der Waals surface area contributed by atoms with Crippen molar-refractivity contribution in [1.29, 1.82) is 0 Å². The Bertz CT molecular complexity index is 325. The van der Waals surface area contributed by atoms with E-state index in [9.17, 15) is 4.79 Å². The molecule has 1 rings (SSSR count). The van der Waals surface area contributed by atoms with E-state index in [1.807, 2.05) is 19.1 Å². The summed E-state index contributed by atoms with van der Waals surface area (Å²) in [7, 11) is 0. The summed E-state index contributed by atoms with van der Waals surface area (Å²) in [6.07, 6.45) is 1.91. The van der Waals surface area contributed by atoms with Gasteiger partial charge in [0.05, 0.1) is 0 Å². The summed E-state index contributed by atoms with van der Waals surface area (Å²) in [6, 6.07) is 3.65. The first-order valence-corrected chi connectivity index (χ1v) is 4.48. The molecule has 1 aromatic heterocycles. The van der Waals surface area contributed by atoms with Crippen molar-refractivity contribution in [3.8, 4) is 0 Å². The normalized spacial score (nSPS) is 12.1. The summed E-state index contributed by atoms with van der Waals surface area (Å²) in [6.45, 7) is 6.84. The van der Waals surface area contributed by atoms with E-state index in [0.717, 1.165) is 5.76 Å². The van der Waals surface area contributed by atoms with E-state index in [4.69, 9.17) is 9.15 Å². The molecule has 1 aromatic rings. The molecule has 0 bridgehead atoms. The van der Waals surface area contributed by atoms with Gasteiger partial charge in [0.25, 0.3) is 0 Å². The number of hydrogen-bond acceptors (Lipinski definition) is 3. The lowest BCUT2D eigenvalue weighted by Crippen LogP contribution is -2.06. The molecule has 0 N–H and O–H groups in total. The number of carbonyl (C=O) groups excluding carboxylic acids is 1. The van der Waals surface area contributed by atoms with E-state index in [-0.39, 0.29) is 12.1 Å². The van der Waals surface area contributed by atoms with Crippen molar-refractivity contribution >= 4 is 5.97 Å². The molecule has 0 amide bonds. The van der Waals surface area contributed by atoms with E-state index in [1.165, 1.54) is 6.92 Å². The summed E-state index contributed by atoms with van der Waals surface area (Å²) in [4.78, 5) is 10.8. The molecule has 0 aliphatic heterocycles. The maximum Gasteiger partial charge on any atom is 0.303 e. The average molecular weight is 194 g/mol. The van der Waals surface area contributed by atoms with Gasteiger partial charge in [0.2, 0.25) is 0 Å². The molecule has 1 heterocycles. The van der Waals surface area contributed by atoms with Crippen molar-refractivity contribution in [3.63, 3.8) is 0 Å². The Morgan fingerprint density at radius 1 is 1.71 bits per heavy atom. The van der Waals surface area contributed by atoms with Crippen LogP contribution in [0, 0.1) is 6.92 Å². The summed E-state index contributed by atoms with van der Waals surface area (Å²) in [5, 5.41) is 0. The molecule has 14 heavy (non-hydrogen) atoms.